The summed E-state index contributed by atoms with van der Waals surface area (Å²) in [6.07, 6.45) is 0.605. The van der Waals surface area contributed by atoms with Gasteiger partial charge in [0, 0.05) is 17.9 Å². The molecule has 0 saturated carbocycles. The molecule has 134 valence electrons. The van der Waals surface area contributed by atoms with Gasteiger partial charge in [0.1, 0.15) is 0 Å². The van der Waals surface area contributed by atoms with E-state index in [-0.39, 0.29) is 34.3 Å². The van der Waals surface area contributed by atoms with Gasteiger partial charge < -0.3 is 10.6 Å². The average molecular weight is 400 g/mol. The molecular formula is C15H17N3O4S3. The third-order valence-electron chi connectivity index (χ3n) is 3.60. The Morgan fingerprint density at radius 3 is 2.84 bits per heavy atom. The van der Waals surface area contributed by atoms with E-state index in [0.717, 1.165) is 10.2 Å². The lowest BCUT2D eigenvalue weighted by atomic mass is 10.3. The second kappa shape index (κ2) is 7.30. The van der Waals surface area contributed by atoms with Gasteiger partial charge in [-0.1, -0.05) is 11.3 Å². The van der Waals surface area contributed by atoms with Crippen molar-refractivity contribution in [2.75, 3.05) is 27.9 Å². The van der Waals surface area contributed by atoms with E-state index in [2.05, 4.69) is 15.6 Å². The summed E-state index contributed by atoms with van der Waals surface area (Å²) in [6, 6.07) is 5.35. The molecule has 0 radical (unpaired) electrons. The number of hydrogen-bond acceptors (Lipinski definition) is 7. The Bertz CT molecular complexity index is 923. The molecule has 1 fully saturated rings. The molecule has 2 amide bonds. The number of rotatable bonds is 5. The number of thioether (sulfide) groups is 1. The maximum absolute atomic E-state index is 12.0. The highest BCUT2D eigenvalue weighted by atomic mass is 32.2. The summed E-state index contributed by atoms with van der Waals surface area (Å²) < 4.78 is 23.7. The van der Waals surface area contributed by atoms with E-state index in [0.29, 0.717) is 17.2 Å². The maximum Gasteiger partial charge on any atom is 0.236 e. The van der Waals surface area contributed by atoms with Crippen LogP contribution < -0.4 is 10.6 Å². The van der Waals surface area contributed by atoms with Gasteiger partial charge in [-0.05, 0) is 24.6 Å². The Hall–Kier alpha value is -1.65. The molecule has 0 spiro atoms. The minimum atomic E-state index is -2.93. The molecule has 25 heavy (non-hydrogen) atoms. The van der Waals surface area contributed by atoms with Crippen molar-refractivity contribution >= 4 is 65.8 Å². The molecule has 1 unspecified atom stereocenters. The molecule has 2 aromatic rings. The van der Waals surface area contributed by atoms with Crippen LogP contribution >= 0.6 is 23.1 Å². The lowest BCUT2D eigenvalue weighted by Crippen LogP contribution is -2.17. The SMILES string of the molecule is CC(=O)Nc1ccc2nc(NC(=O)CSC3CCS(=O)(=O)C3)sc2c1. The third kappa shape index (κ3) is 4.93. The van der Waals surface area contributed by atoms with E-state index in [4.69, 9.17) is 0 Å². The normalized spacial score (nSPS) is 19.0. The highest BCUT2D eigenvalue weighted by Crippen LogP contribution is 2.29. The Kier molecular flexibility index (Phi) is 5.30. The Labute approximate surface area is 153 Å². The van der Waals surface area contributed by atoms with Crippen molar-refractivity contribution in [2.45, 2.75) is 18.6 Å². The van der Waals surface area contributed by atoms with E-state index in [1.54, 1.807) is 12.1 Å². The number of sulfone groups is 1. The number of nitrogens with one attached hydrogen (secondary N) is 2. The van der Waals surface area contributed by atoms with Crippen molar-refractivity contribution in [3.8, 4) is 0 Å². The van der Waals surface area contributed by atoms with Crippen LogP contribution in [0.3, 0.4) is 0 Å². The van der Waals surface area contributed by atoms with Crippen LogP contribution in [0.5, 0.6) is 0 Å². The van der Waals surface area contributed by atoms with Gasteiger partial charge in [-0.25, -0.2) is 13.4 Å². The Balaban J connectivity index is 1.58. The van der Waals surface area contributed by atoms with Crippen molar-refractivity contribution < 1.29 is 18.0 Å². The summed E-state index contributed by atoms with van der Waals surface area (Å²) >= 11 is 2.69. The van der Waals surface area contributed by atoms with Crippen LogP contribution in [0.15, 0.2) is 18.2 Å². The number of benzene rings is 1. The first kappa shape index (κ1) is 18.2. The monoisotopic (exact) mass is 399 g/mol. The standard InChI is InChI=1S/C15H17N3O4S3/c1-9(19)16-10-2-3-12-13(6-10)24-15(17-12)18-14(20)7-23-11-4-5-25(21,22)8-11/h2-3,6,11H,4-5,7-8H2,1H3,(H,16,19)(H,17,18,20). The lowest BCUT2D eigenvalue weighted by Gasteiger charge is -2.06. The Morgan fingerprint density at radius 2 is 2.16 bits per heavy atom. The van der Waals surface area contributed by atoms with Crippen molar-refractivity contribution in [1.82, 2.24) is 4.98 Å². The zero-order valence-corrected chi connectivity index (χ0v) is 15.9. The summed E-state index contributed by atoms with van der Waals surface area (Å²) in [5.41, 5.74) is 1.42. The lowest BCUT2D eigenvalue weighted by molar-refractivity contribution is -0.114. The predicted molar refractivity (Wildman–Crippen MR) is 102 cm³/mol. The highest BCUT2D eigenvalue weighted by molar-refractivity contribution is 8.02. The summed E-state index contributed by atoms with van der Waals surface area (Å²) in [6.45, 7) is 1.44. The van der Waals surface area contributed by atoms with Crippen LogP contribution in [0.25, 0.3) is 10.2 Å². The van der Waals surface area contributed by atoms with E-state index < -0.39 is 9.84 Å². The molecule has 1 atom stereocenters. The first-order chi connectivity index (χ1) is 11.8. The molecule has 0 aliphatic carbocycles. The van der Waals surface area contributed by atoms with Gasteiger partial charge in [-0.15, -0.1) is 11.8 Å². The van der Waals surface area contributed by atoms with Gasteiger partial charge in [0.2, 0.25) is 11.8 Å². The van der Waals surface area contributed by atoms with Gasteiger partial charge in [-0.3, -0.25) is 9.59 Å². The second-order valence-corrected chi connectivity index (χ2v) is 10.3. The molecule has 2 heterocycles. The van der Waals surface area contributed by atoms with E-state index >= 15 is 0 Å². The number of hydrogen-bond donors (Lipinski definition) is 2. The van der Waals surface area contributed by atoms with Crippen LogP contribution in [0, 0.1) is 0 Å². The van der Waals surface area contributed by atoms with Crippen LogP contribution in [-0.4, -0.2) is 47.7 Å². The fraction of sp³-hybridized carbons (Fsp3) is 0.400. The third-order valence-corrected chi connectivity index (χ3v) is 7.81. The number of carbonyl (C=O) groups excluding carboxylic acids is 2. The highest BCUT2D eigenvalue weighted by Gasteiger charge is 2.28. The number of amides is 2. The fourth-order valence-electron chi connectivity index (χ4n) is 2.50. The van der Waals surface area contributed by atoms with E-state index in [9.17, 15) is 18.0 Å². The molecule has 1 aromatic carbocycles. The van der Waals surface area contributed by atoms with Gasteiger partial charge in [0.05, 0.1) is 27.5 Å². The van der Waals surface area contributed by atoms with Crippen molar-refractivity contribution in [3.05, 3.63) is 18.2 Å². The van der Waals surface area contributed by atoms with Crippen LogP contribution in [0.2, 0.25) is 0 Å². The minimum Gasteiger partial charge on any atom is -0.326 e. The molecule has 1 aliphatic heterocycles. The molecule has 1 saturated heterocycles. The van der Waals surface area contributed by atoms with Gasteiger partial charge in [-0.2, -0.15) is 0 Å². The summed E-state index contributed by atoms with van der Waals surface area (Å²) in [5.74, 6) is 0.213. The van der Waals surface area contributed by atoms with Crippen molar-refractivity contribution in [2.24, 2.45) is 0 Å². The van der Waals surface area contributed by atoms with Gasteiger partial charge in [0.25, 0.3) is 0 Å². The summed E-state index contributed by atoms with van der Waals surface area (Å²) in [4.78, 5) is 27.5. The second-order valence-electron chi connectivity index (χ2n) is 5.77. The average Bonchev–Trinajstić information content (AvgIpc) is 3.06. The molecule has 1 aliphatic rings. The first-order valence-corrected chi connectivity index (χ1v) is 11.3. The molecule has 0 bridgehead atoms. The van der Waals surface area contributed by atoms with Gasteiger partial charge >= 0.3 is 0 Å². The number of carbonyl (C=O) groups is 2. The minimum absolute atomic E-state index is 0.00803. The number of fused-ring (bicyclic) bond motifs is 1. The quantitative estimate of drug-likeness (QED) is 0.798. The van der Waals surface area contributed by atoms with E-state index in [1.807, 2.05) is 6.07 Å². The van der Waals surface area contributed by atoms with Crippen LogP contribution in [0.1, 0.15) is 13.3 Å². The largest absolute Gasteiger partial charge is 0.326 e. The predicted octanol–water partition coefficient (Wildman–Crippen LogP) is 2.11. The molecule has 10 heteroatoms. The molecule has 1 aromatic heterocycles. The zero-order valence-electron chi connectivity index (χ0n) is 13.4. The molecule has 2 N–H and O–H groups in total. The first-order valence-electron chi connectivity index (χ1n) is 7.61. The number of nitrogens with zero attached hydrogens (tertiary/aromatic N) is 1. The van der Waals surface area contributed by atoms with Crippen LogP contribution in [0.4, 0.5) is 10.8 Å². The fourth-order valence-corrected chi connectivity index (χ4v) is 6.86. The number of thiazole rings is 1. The van der Waals surface area contributed by atoms with Crippen LogP contribution in [-0.2, 0) is 19.4 Å². The molecule has 7 nitrogen and oxygen atoms in total. The number of aromatic nitrogens is 1. The molecule has 3 rings (SSSR count). The topological polar surface area (TPSA) is 105 Å². The summed E-state index contributed by atoms with van der Waals surface area (Å²) in [5, 5.41) is 5.93. The van der Waals surface area contributed by atoms with Gasteiger partial charge in [0.15, 0.2) is 15.0 Å². The number of anilines is 2. The van der Waals surface area contributed by atoms with Crippen molar-refractivity contribution in [1.29, 1.82) is 0 Å². The Morgan fingerprint density at radius 1 is 1.36 bits per heavy atom. The molecular weight excluding hydrogens is 382 g/mol. The van der Waals surface area contributed by atoms with E-state index in [1.165, 1.54) is 30.0 Å². The zero-order chi connectivity index (χ0) is 18.0. The maximum atomic E-state index is 12.0. The summed E-state index contributed by atoms with van der Waals surface area (Å²) in [7, 11) is -2.93. The smallest absolute Gasteiger partial charge is 0.236 e. The van der Waals surface area contributed by atoms with Crippen molar-refractivity contribution in [3.63, 3.8) is 0 Å².